The Bertz CT molecular complexity index is 844. The van der Waals surface area contributed by atoms with E-state index in [1.165, 1.54) is 17.0 Å². The lowest BCUT2D eigenvalue weighted by Crippen LogP contribution is -2.50. The van der Waals surface area contributed by atoms with E-state index in [2.05, 4.69) is 5.32 Å². The Labute approximate surface area is 168 Å². The highest BCUT2D eigenvalue weighted by molar-refractivity contribution is 5.97. The first-order valence-electron chi connectivity index (χ1n) is 9.27. The number of hydrogen-bond acceptors (Lipinski definition) is 2. The number of hydrogen-bond donors (Lipinski definition) is 1. The van der Waals surface area contributed by atoms with Crippen molar-refractivity contribution in [3.05, 3.63) is 70.8 Å². The fraction of sp³-hybridized carbons (Fsp3) is 0.364. The van der Waals surface area contributed by atoms with Gasteiger partial charge in [0, 0.05) is 19.2 Å². The normalized spacial score (nSPS) is 12.6. The molecule has 1 atom stereocenters. The first kappa shape index (κ1) is 22.5. The molecule has 7 heteroatoms. The molecule has 2 rings (SSSR count). The van der Waals surface area contributed by atoms with Crippen molar-refractivity contribution in [3.63, 3.8) is 0 Å². The van der Waals surface area contributed by atoms with Crippen LogP contribution in [0.1, 0.15) is 40.9 Å². The molecule has 156 valence electrons. The van der Waals surface area contributed by atoms with Crippen LogP contribution in [0.4, 0.5) is 13.2 Å². The van der Waals surface area contributed by atoms with E-state index in [4.69, 9.17) is 0 Å². The molecule has 0 spiro atoms. The number of alkyl halides is 3. The van der Waals surface area contributed by atoms with Crippen LogP contribution in [0.5, 0.6) is 0 Å². The SMILES string of the molecule is Cc1ccc(C(=O)N[C@H](C(=O)N(C)Cc2ccc(C(F)(F)F)cc2)C(C)C)cc1. The molecular formula is C22H25F3N2O2. The molecule has 0 unspecified atom stereocenters. The highest BCUT2D eigenvalue weighted by atomic mass is 19.4. The molecule has 2 aromatic carbocycles. The number of rotatable bonds is 6. The first-order chi connectivity index (χ1) is 13.5. The number of benzene rings is 2. The third kappa shape index (κ3) is 6.07. The van der Waals surface area contributed by atoms with E-state index in [1.54, 1.807) is 19.2 Å². The fourth-order valence-electron chi connectivity index (χ4n) is 2.83. The van der Waals surface area contributed by atoms with Gasteiger partial charge in [-0.15, -0.1) is 0 Å². The summed E-state index contributed by atoms with van der Waals surface area (Å²) >= 11 is 0. The van der Waals surface area contributed by atoms with Gasteiger partial charge in [-0.2, -0.15) is 13.2 Å². The predicted octanol–water partition coefficient (Wildman–Crippen LogP) is 4.43. The summed E-state index contributed by atoms with van der Waals surface area (Å²) in [6.45, 7) is 5.70. The van der Waals surface area contributed by atoms with Crippen molar-refractivity contribution >= 4 is 11.8 Å². The molecule has 0 aliphatic rings. The topological polar surface area (TPSA) is 49.4 Å². The number of amides is 2. The van der Waals surface area contributed by atoms with Crippen LogP contribution in [-0.2, 0) is 17.5 Å². The average molecular weight is 406 g/mol. The van der Waals surface area contributed by atoms with E-state index in [0.717, 1.165) is 17.7 Å². The molecule has 0 bridgehead atoms. The molecule has 1 N–H and O–H groups in total. The number of carbonyl (C=O) groups is 2. The Hall–Kier alpha value is -2.83. The summed E-state index contributed by atoms with van der Waals surface area (Å²) in [5.74, 6) is -0.813. The molecule has 0 aromatic heterocycles. The number of likely N-dealkylation sites (N-methyl/N-ethyl adjacent to an activating group) is 1. The monoisotopic (exact) mass is 406 g/mol. The van der Waals surface area contributed by atoms with Crippen LogP contribution in [0.2, 0.25) is 0 Å². The van der Waals surface area contributed by atoms with Crippen LogP contribution in [0.15, 0.2) is 48.5 Å². The second kappa shape index (κ2) is 9.11. The minimum Gasteiger partial charge on any atom is -0.340 e. The van der Waals surface area contributed by atoms with Gasteiger partial charge in [0.25, 0.3) is 5.91 Å². The molecule has 0 fully saturated rings. The summed E-state index contributed by atoms with van der Waals surface area (Å²) in [6, 6.07) is 11.0. The molecule has 0 saturated carbocycles. The van der Waals surface area contributed by atoms with E-state index in [9.17, 15) is 22.8 Å². The minimum atomic E-state index is -4.40. The second-order valence-electron chi connectivity index (χ2n) is 7.45. The quantitative estimate of drug-likeness (QED) is 0.772. The van der Waals surface area contributed by atoms with Gasteiger partial charge in [0.1, 0.15) is 6.04 Å². The zero-order chi connectivity index (χ0) is 21.8. The van der Waals surface area contributed by atoms with Crippen molar-refractivity contribution in [1.82, 2.24) is 10.2 Å². The summed E-state index contributed by atoms with van der Waals surface area (Å²) in [5, 5.41) is 2.77. The van der Waals surface area contributed by atoms with Gasteiger partial charge in [0.2, 0.25) is 5.91 Å². The predicted molar refractivity (Wildman–Crippen MR) is 105 cm³/mol. The fourth-order valence-corrected chi connectivity index (χ4v) is 2.83. The maximum atomic E-state index is 12.9. The highest BCUT2D eigenvalue weighted by Gasteiger charge is 2.30. The lowest BCUT2D eigenvalue weighted by molar-refractivity contribution is -0.137. The number of carbonyl (C=O) groups excluding carboxylic acids is 2. The van der Waals surface area contributed by atoms with Crippen molar-refractivity contribution in [3.8, 4) is 0 Å². The van der Waals surface area contributed by atoms with Crippen LogP contribution in [0.25, 0.3) is 0 Å². The summed E-state index contributed by atoms with van der Waals surface area (Å²) in [7, 11) is 1.56. The van der Waals surface area contributed by atoms with Gasteiger partial charge in [0.05, 0.1) is 5.56 Å². The smallest absolute Gasteiger partial charge is 0.340 e. The second-order valence-corrected chi connectivity index (χ2v) is 7.45. The summed E-state index contributed by atoms with van der Waals surface area (Å²) in [4.78, 5) is 26.8. The van der Waals surface area contributed by atoms with Crippen molar-refractivity contribution in [2.75, 3.05) is 7.05 Å². The summed E-state index contributed by atoms with van der Waals surface area (Å²) in [6.07, 6.45) is -4.40. The average Bonchev–Trinajstić information content (AvgIpc) is 2.65. The molecule has 2 amide bonds. The Kier molecular flexibility index (Phi) is 7.06. The molecule has 0 radical (unpaired) electrons. The maximum Gasteiger partial charge on any atom is 0.416 e. The van der Waals surface area contributed by atoms with Crippen LogP contribution in [0, 0.1) is 12.8 Å². The Morgan fingerprint density at radius 1 is 1.00 bits per heavy atom. The standard InChI is InChI=1S/C22H25F3N2O2/c1-14(2)19(26-20(28)17-9-5-15(3)6-10-17)21(29)27(4)13-16-7-11-18(12-8-16)22(23,24)25/h5-12,14,19H,13H2,1-4H3,(H,26,28)/t19-/m0/s1. The first-order valence-corrected chi connectivity index (χ1v) is 9.27. The lowest BCUT2D eigenvalue weighted by atomic mass is 10.0. The van der Waals surface area contributed by atoms with Crippen LogP contribution >= 0.6 is 0 Å². The third-order valence-corrected chi connectivity index (χ3v) is 4.61. The number of halogens is 3. The van der Waals surface area contributed by atoms with E-state index in [0.29, 0.717) is 11.1 Å². The zero-order valence-corrected chi connectivity index (χ0v) is 16.9. The molecule has 2 aromatic rings. The van der Waals surface area contributed by atoms with Gasteiger partial charge in [-0.05, 0) is 42.7 Å². The van der Waals surface area contributed by atoms with Crippen molar-refractivity contribution < 1.29 is 22.8 Å². The molecule has 29 heavy (non-hydrogen) atoms. The Morgan fingerprint density at radius 2 is 1.55 bits per heavy atom. The molecule has 0 heterocycles. The van der Waals surface area contributed by atoms with Gasteiger partial charge in [0.15, 0.2) is 0 Å². The maximum absolute atomic E-state index is 12.9. The van der Waals surface area contributed by atoms with Crippen LogP contribution in [0.3, 0.4) is 0 Å². The van der Waals surface area contributed by atoms with E-state index >= 15 is 0 Å². The van der Waals surface area contributed by atoms with E-state index < -0.39 is 17.8 Å². The van der Waals surface area contributed by atoms with E-state index in [1.807, 2.05) is 32.9 Å². The van der Waals surface area contributed by atoms with Gasteiger partial charge < -0.3 is 10.2 Å². The molecule has 4 nitrogen and oxygen atoms in total. The van der Waals surface area contributed by atoms with E-state index in [-0.39, 0.29) is 24.3 Å². The van der Waals surface area contributed by atoms with Gasteiger partial charge in [-0.1, -0.05) is 43.7 Å². The number of aryl methyl sites for hydroxylation is 1. The van der Waals surface area contributed by atoms with Crippen LogP contribution in [-0.4, -0.2) is 29.8 Å². The molecule has 0 aliphatic heterocycles. The van der Waals surface area contributed by atoms with Gasteiger partial charge in [-0.25, -0.2) is 0 Å². The Morgan fingerprint density at radius 3 is 2.03 bits per heavy atom. The highest BCUT2D eigenvalue weighted by Crippen LogP contribution is 2.29. The largest absolute Gasteiger partial charge is 0.416 e. The lowest BCUT2D eigenvalue weighted by Gasteiger charge is -2.27. The minimum absolute atomic E-state index is 0.139. The van der Waals surface area contributed by atoms with Crippen molar-refractivity contribution in [2.24, 2.45) is 5.92 Å². The Balaban J connectivity index is 2.07. The van der Waals surface area contributed by atoms with Crippen molar-refractivity contribution in [1.29, 1.82) is 0 Å². The summed E-state index contributed by atoms with van der Waals surface area (Å²) in [5.41, 5.74) is 1.32. The van der Waals surface area contributed by atoms with Crippen LogP contribution < -0.4 is 5.32 Å². The summed E-state index contributed by atoms with van der Waals surface area (Å²) < 4.78 is 38.1. The zero-order valence-electron chi connectivity index (χ0n) is 16.9. The number of nitrogens with one attached hydrogen (secondary N) is 1. The molecule has 0 saturated heterocycles. The number of nitrogens with zero attached hydrogens (tertiary/aromatic N) is 1. The molecular weight excluding hydrogens is 381 g/mol. The van der Waals surface area contributed by atoms with Gasteiger partial charge >= 0.3 is 6.18 Å². The van der Waals surface area contributed by atoms with Crippen molar-refractivity contribution in [2.45, 2.75) is 39.5 Å². The van der Waals surface area contributed by atoms with Gasteiger partial charge in [-0.3, -0.25) is 9.59 Å². The molecule has 0 aliphatic carbocycles. The third-order valence-electron chi connectivity index (χ3n) is 4.61.